The molecule has 0 aliphatic rings. The molecular weight excluding hydrogens is 345 g/mol. The first-order chi connectivity index (χ1) is 11.7. The number of nitrogens with one attached hydrogen (secondary N) is 2. The molecule has 25 heavy (non-hydrogen) atoms. The number of urea groups is 1. The Morgan fingerprint density at radius 1 is 1.08 bits per heavy atom. The van der Waals surface area contributed by atoms with Crippen LogP contribution in [0.25, 0.3) is 0 Å². The highest BCUT2D eigenvalue weighted by Crippen LogP contribution is 2.33. The Kier molecular flexibility index (Phi) is 7.04. The molecule has 0 aliphatic carbocycles. The SMILES string of the molecule is CCOC(=O)[C@@](NC(=O)Nc1ccc(OC)cc1)(OCC)C(F)(F)F. The van der Waals surface area contributed by atoms with E-state index in [0.717, 1.165) is 0 Å². The lowest BCUT2D eigenvalue weighted by atomic mass is 10.2. The fourth-order valence-corrected chi connectivity index (χ4v) is 1.86. The van der Waals surface area contributed by atoms with E-state index in [-0.39, 0.29) is 12.3 Å². The van der Waals surface area contributed by atoms with Crippen LogP contribution in [0.2, 0.25) is 0 Å². The van der Waals surface area contributed by atoms with Gasteiger partial charge in [0, 0.05) is 12.3 Å². The summed E-state index contributed by atoms with van der Waals surface area (Å²) in [5, 5.41) is 3.71. The first-order valence-corrected chi connectivity index (χ1v) is 7.31. The van der Waals surface area contributed by atoms with Crippen molar-refractivity contribution in [2.45, 2.75) is 25.7 Å². The van der Waals surface area contributed by atoms with Crippen LogP contribution < -0.4 is 15.4 Å². The number of methoxy groups -OCH3 is 1. The molecule has 1 aromatic rings. The number of rotatable bonds is 7. The van der Waals surface area contributed by atoms with Gasteiger partial charge in [-0.1, -0.05) is 0 Å². The van der Waals surface area contributed by atoms with Crippen LogP contribution in [-0.4, -0.2) is 44.2 Å². The summed E-state index contributed by atoms with van der Waals surface area (Å²) in [7, 11) is 1.44. The molecule has 10 heteroatoms. The van der Waals surface area contributed by atoms with Crippen LogP contribution in [0.5, 0.6) is 5.75 Å². The lowest BCUT2D eigenvalue weighted by Gasteiger charge is -2.33. The maximum absolute atomic E-state index is 13.4. The van der Waals surface area contributed by atoms with Gasteiger partial charge in [0.15, 0.2) is 0 Å². The van der Waals surface area contributed by atoms with Gasteiger partial charge in [-0.15, -0.1) is 0 Å². The van der Waals surface area contributed by atoms with Gasteiger partial charge in [-0.05, 0) is 38.1 Å². The second kappa shape index (κ2) is 8.56. The third-order valence-corrected chi connectivity index (χ3v) is 2.96. The molecule has 0 aliphatic heterocycles. The molecule has 0 aromatic heterocycles. The normalized spacial score (nSPS) is 13.5. The summed E-state index contributed by atoms with van der Waals surface area (Å²) in [5.41, 5.74) is -3.41. The predicted octanol–water partition coefficient (Wildman–Crippen LogP) is 2.67. The molecule has 140 valence electrons. The second-order valence-electron chi connectivity index (χ2n) is 4.64. The lowest BCUT2D eigenvalue weighted by Crippen LogP contribution is -2.67. The number of halogens is 3. The highest BCUT2D eigenvalue weighted by molar-refractivity contribution is 5.94. The number of ether oxygens (including phenoxy) is 3. The Morgan fingerprint density at radius 2 is 1.68 bits per heavy atom. The highest BCUT2D eigenvalue weighted by atomic mass is 19.4. The van der Waals surface area contributed by atoms with Gasteiger partial charge >= 0.3 is 23.9 Å². The van der Waals surface area contributed by atoms with Crippen LogP contribution in [0.4, 0.5) is 23.7 Å². The molecule has 2 amide bonds. The van der Waals surface area contributed by atoms with Gasteiger partial charge in [-0.25, -0.2) is 9.59 Å². The zero-order chi connectivity index (χ0) is 19.1. The maximum Gasteiger partial charge on any atom is 0.448 e. The molecule has 0 radical (unpaired) electrons. The number of alkyl halides is 3. The topological polar surface area (TPSA) is 85.9 Å². The van der Waals surface area contributed by atoms with E-state index in [2.05, 4.69) is 14.8 Å². The molecule has 0 bridgehead atoms. The summed E-state index contributed by atoms with van der Waals surface area (Å²) in [5.74, 6) is -1.26. The van der Waals surface area contributed by atoms with E-state index >= 15 is 0 Å². The van der Waals surface area contributed by atoms with E-state index in [1.54, 1.807) is 0 Å². The number of anilines is 1. The predicted molar refractivity (Wildman–Crippen MR) is 82.2 cm³/mol. The summed E-state index contributed by atoms with van der Waals surface area (Å²) >= 11 is 0. The van der Waals surface area contributed by atoms with Crippen LogP contribution >= 0.6 is 0 Å². The Balaban J connectivity index is 3.02. The van der Waals surface area contributed by atoms with E-state index in [4.69, 9.17) is 4.74 Å². The number of benzene rings is 1. The number of esters is 1. The van der Waals surface area contributed by atoms with Gasteiger partial charge in [-0.3, -0.25) is 5.32 Å². The van der Waals surface area contributed by atoms with Gasteiger partial charge in [0.05, 0.1) is 13.7 Å². The van der Waals surface area contributed by atoms with E-state index < -0.39 is 30.5 Å². The first-order valence-electron chi connectivity index (χ1n) is 7.31. The molecule has 0 saturated heterocycles. The van der Waals surface area contributed by atoms with E-state index in [1.807, 2.05) is 0 Å². The first kappa shape index (κ1) is 20.6. The molecule has 7 nitrogen and oxygen atoms in total. The Labute approximate surface area is 142 Å². The van der Waals surface area contributed by atoms with Crippen molar-refractivity contribution in [1.82, 2.24) is 5.32 Å². The average molecular weight is 364 g/mol. The molecule has 0 saturated carbocycles. The maximum atomic E-state index is 13.4. The molecule has 0 heterocycles. The minimum Gasteiger partial charge on any atom is -0.497 e. The van der Waals surface area contributed by atoms with Crippen molar-refractivity contribution >= 4 is 17.7 Å². The summed E-state index contributed by atoms with van der Waals surface area (Å²) in [6, 6.07) is 4.54. The quantitative estimate of drug-likeness (QED) is 0.574. The molecule has 1 rings (SSSR count). The van der Waals surface area contributed by atoms with Gasteiger partial charge < -0.3 is 19.5 Å². The van der Waals surface area contributed by atoms with Crippen molar-refractivity contribution in [1.29, 1.82) is 0 Å². The van der Waals surface area contributed by atoms with Gasteiger partial charge in [-0.2, -0.15) is 13.2 Å². The minimum atomic E-state index is -5.23. The Morgan fingerprint density at radius 3 is 2.12 bits per heavy atom. The van der Waals surface area contributed by atoms with Gasteiger partial charge in [0.25, 0.3) is 0 Å². The van der Waals surface area contributed by atoms with Crippen LogP contribution in [0.15, 0.2) is 24.3 Å². The zero-order valence-corrected chi connectivity index (χ0v) is 13.9. The molecular formula is C15H19F3N2O5. The Hall–Kier alpha value is -2.49. The van der Waals surface area contributed by atoms with Crippen LogP contribution in [0, 0.1) is 0 Å². The summed E-state index contributed by atoms with van der Waals surface area (Å²) < 4.78 is 54.3. The van der Waals surface area contributed by atoms with E-state index in [1.165, 1.54) is 50.5 Å². The molecule has 0 fully saturated rings. The monoisotopic (exact) mass is 364 g/mol. The van der Waals surface area contributed by atoms with Crippen molar-refractivity contribution in [2.75, 3.05) is 25.6 Å². The van der Waals surface area contributed by atoms with Crippen molar-refractivity contribution in [2.24, 2.45) is 0 Å². The summed E-state index contributed by atoms with van der Waals surface area (Å²) in [4.78, 5) is 23.8. The Bertz CT molecular complexity index is 592. The van der Waals surface area contributed by atoms with Crippen LogP contribution in [0.1, 0.15) is 13.8 Å². The fourth-order valence-electron chi connectivity index (χ4n) is 1.86. The molecule has 1 atom stereocenters. The number of hydrogen-bond acceptors (Lipinski definition) is 5. The smallest absolute Gasteiger partial charge is 0.448 e. The van der Waals surface area contributed by atoms with E-state index in [9.17, 15) is 22.8 Å². The van der Waals surface area contributed by atoms with Crippen LogP contribution in [0.3, 0.4) is 0 Å². The molecule has 0 unspecified atom stereocenters. The summed E-state index contributed by atoms with van der Waals surface area (Å²) in [6.45, 7) is 1.79. The van der Waals surface area contributed by atoms with Crippen molar-refractivity contribution in [3.05, 3.63) is 24.3 Å². The van der Waals surface area contributed by atoms with E-state index in [0.29, 0.717) is 5.75 Å². The van der Waals surface area contributed by atoms with Crippen molar-refractivity contribution in [3.8, 4) is 5.75 Å². The minimum absolute atomic E-state index is 0.190. The van der Waals surface area contributed by atoms with Gasteiger partial charge in [0.1, 0.15) is 5.75 Å². The van der Waals surface area contributed by atoms with Crippen LogP contribution in [-0.2, 0) is 14.3 Å². The third kappa shape index (κ3) is 4.99. The second-order valence-corrected chi connectivity index (χ2v) is 4.64. The number of hydrogen-bond donors (Lipinski definition) is 2. The molecule has 0 spiro atoms. The van der Waals surface area contributed by atoms with Crippen molar-refractivity contribution < 1.29 is 37.0 Å². The standard InChI is InChI=1S/C15H19F3N2O5/c1-4-24-12(21)14(25-5-2,15(16,17)18)20-13(22)19-10-6-8-11(23-3)9-7-10/h6-9H,4-5H2,1-3H3,(H2,19,20,22)/t14-/m1/s1. The zero-order valence-electron chi connectivity index (χ0n) is 13.9. The largest absolute Gasteiger partial charge is 0.497 e. The number of amides is 2. The summed E-state index contributed by atoms with van der Waals surface area (Å²) in [6.07, 6.45) is -5.23. The third-order valence-electron chi connectivity index (χ3n) is 2.96. The fraction of sp³-hybridized carbons (Fsp3) is 0.467. The molecule has 2 N–H and O–H groups in total. The lowest BCUT2D eigenvalue weighted by molar-refractivity contribution is -0.282. The number of carbonyl (C=O) groups excluding carboxylic acids is 2. The molecule has 1 aromatic carbocycles. The highest BCUT2D eigenvalue weighted by Gasteiger charge is 2.64. The average Bonchev–Trinajstić information content (AvgIpc) is 2.54. The number of carbonyl (C=O) groups is 2. The van der Waals surface area contributed by atoms with Gasteiger partial charge in [0.2, 0.25) is 0 Å². The van der Waals surface area contributed by atoms with Crippen molar-refractivity contribution in [3.63, 3.8) is 0 Å².